The van der Waals surface area contributed by atoms with Gasteiger partial charge in [-0.1, -0.05) is 24.3 Å². The van der Waals surface area contributed by atoms with E-state index in [0.717, 1.165) is 62.1 Å². The largest absolute Gasteiger partial charge is 0.493 e. The molecule has 1 aliphatic rings. The molecule has 6 nitrogen and oxygen atoms in total. The van der Waals surface area contributed by atoms with Crippen molar-refractivity contribution in [3.63, 3.8) is 0 Å². The van der Waals surface area contributed by atoms with Crippen LogP contribution in [0.25, 0.3) is 0 Å². The molecule has 0 bridgehead atoms. The molecule has 2 aromatic carbocycles. The first-order valence-corrected chi connectivity index (χ1v) is 10.1. The van der Waals surface area contributed by atoms with Crippen molar-refractivity contribution in [3.8, 4) is 17.2 Å². The molecule has 2 aromatic rings. The zero-order valence-electron chi connectivity index (χ0n) is 18.0. The van der Waals surface area contributed by atoms with E-state index in [4.69, 9.17) is 14.2 Å². The maximum Gasteiger partial charge on any atom is 0.193 e. The zero-order chi connectivity index (χ0) is 20.5. The van der Waals surface area contributed by atoms with E-state index in [0.29, 0.717) is 0 Å². The van der Waals surface area contributed by atoms with Crippen LogP contribution in [0.3, 0.4) is 0 Å². The number of likely N-dealkylation sites (tertiary alicyclic amines) is 1. The quantitative estimate of drug-likeness (QED) is 0.337. The van der Waals surface area contributed by atoms with Crippen LogP contribution in [-0.2, 0) is 6.42 Å². The monoisotopic (exact) mass is 525 g/mol. The third-order valence-corrected chi connectivity index (χ3v) is 5.14. The maximum absolute atomic E-state index is 6.09. The molecule has 0 amide bonds. The molecule has 0 atom stereocenters. The molecule has 1 fully saturated rings. The fourth-order valence-corrected chi connectivity index (χ4v) is 3.56. The van der Waals surface area contributed by atoms with Crippen LogP contribution in [-0.4, -0.2) is 57.9 Å². The van der Waals surface area contributed by atoms with E-state index in [9.17, 15) is 0 Å². The van der Waals surface area contributed by atoms with Gasteiger partial charge in [-0.2, -0.15) is 0 Å². The van der Waals surface area contributed by atoms with E-state index < -0.39 is 0 Å². The number of aliphatic imine (C=N–C) groups is 1. The van der Waals surface area contributed by atoms with Gasteiger partial charge in [0.05, 0.1) is 14.2 Å². The molecule has 0 aliphatic carbocycles. The minimum absolute atomic E-state index is 0. The molecule has 1 N–H and O–H groups in total. The van der Waals surface area contributed by atoms with Gasteiger partial charge in [-0.15, -0.1) is 24.0 Å². The Kier molecular flexibility index (Phi) is 10.1. The molecule has 164 valence electrons. The summed E-state index contributed by atoms with van der Waals surface area (Å²) in [6.45, 7) is 2.68. The fourth-order valence-electron chi connectivity index (χ4n) is 3.56. The second-order valence-corrected chi connectivity index (χ2v) is 7.03. The summed E-state index contributed by atoms with van der Waals surface area (Å²) in [7, 11) is 5.15. The number of hydrogen-bond acceptors (Lipinski definition) is 4. The smallest absolute Gasteiger partial charge is 0.193 e. The van der Waals surface area contributed by atoms with Gasteiger partial charge in [0.25, 0.3) is 0 Å². The van der Waals surface area contributed by atoms with Gasteiger partial charge in [-0.3, -0.25) is 4.99 Å². The van der Waals surface area contributed by atoms with E-state index in [2.05, 4.69) is 21.3 Å². The van der Waals surface area contributed by atoms with Crippen molar-refractivity contribution in [2.45, 2.75) is 25.4 Å². The second-order valence-electron chi connectivity index (χ2n) is 7.03. The molecule has 0 saturated carbocycles. The van der Waals surface area contributed by atoms with Gasteiger partial charge in [0, 0.05) is 39.5 Å². The third kappa shape index (κ3) is 6.68. The Morgan fingerprint density at radius 2 is 1.73 bits per heavy atom. The van der Waals surface area contributed by atoms with Gasteiger partial charge in [0.15, 0.2) is 17.5 Å². The van der Waals surface area contributed by atoms with Crippen LogP contribution in [0, 0.1) is 0 Å². The van der Waals surface area contributed by atoms with Gasteiger partial charge in [-0.05, 0) is 36.2 Å². The molecule has 30 heavy (non-hydrogen) atoms. The Morgan fingerprint density at radius 3 is 2.37 bits per heavy atom. The molecule has 0 aromatic heterocycles. The topological polar surface area (TPSA) is 55.3 Å². The van der Waals surface area contributed by atoms with Crippen molar-refractivity contribution in [1.29, 1.82) is 0 Å². The number of guanidine groups is 1. The molecule has 0 spiro atoms. The molecule has 0 unspecified atom stereocenters. The summed E-state index contributed by atoms with van der Waals surface area (Å²) in [5.41, 5.74) is 1.19. The van der Waals surface area contributed by atoms with Crippen LogP contribution in [0.5, 0.6) is 17.2 Å². The molecular formula is C23H32IN3O3. The van der Waals surface area contributed by atoms with Crippen molar-refractivity contribution in [2.24, 2.45) is 4.99 Å². The summed E-state index contributed by atoms with van der Waals surface area (Å²) in [5.74, 6) is 3.41. The van der Waals surface area contributed by atoms with E-state index in [1.807, 2.05) is 49.5 Å². The molecule has 7 heteroatoms. The Labute approximate surface area is 196 Å². The summed E-state index contributed by atoms with van der Waals surface area (Å²) in [6, 6.07) is 16.1. The van der Waals surface area contributed by atoms with Crippen molar-refractivity contribution < 1.29 is 14.2 Å². The number of para-hydroxylation sites is 1. The number of nitrogens with one attached hydrogen (secondary N) is 1. The highest BCUT2D eigenvalue weighted by atomic mass is 127. The van der Waals surface area contributed by atoms with Gasteiger partial charge >= 0.3 is 0 Å². The van der Waals surface area contributed by atoms with Crippen molar-refractivity contribution in [1.82, 2.24) is 10.2 Å². The van der Waals surface area contributed by atoms with Crippen LogP contribution >= 0.6 is 24.0 Å². The first-order valence-electron chi connectivity index (χ1n) is 10.1. The van der Waals surface area contributed by atoms with Gasteiger partial charge in [0.1, 0.15) is 11.9 Å². The van der Waals surface area contributed by atoms with E-state index in [-0.39, 0.29) is 30.1 Å². The zero-order valence-corrected chi connectivity index (χ0v) is 20.3. The predicted molar refractivity (Wildman–Crippen MR) is 132 cm³/mol. The summed E-state index contributed by atoms with van der Waals surface area (Å²) < 4.78 is 16.8. The molecule has 0 radical (unpaired) electrons. The Morgan fingerprint density at radius 1 is 1.03 bits per heavy atom. The first-order chi connectivity index (χ1) is 14.2. The van der Waals surface area contributed by atoms with Gasteiger partial charge < -0.3 is 24.4 Å². The minimum atomic E-state index is 0. The summed E-state index contributed by atoms with van der Waals surface area (Å²) >= 11 is 0. The number of hydrogen-bond donors (Lipinski definition) is 1. The highest BCUT2D eigenvalue weighted by molar-refractivity contribution is 14.0. The van der Waals surface area contributed by atoms with Crippen LogP contribution in [0.1, 0.15) is 18.4 Å². The summed E-state index contributed by atoms with van der Waals surface area (Å²) in [4.78, 5) is 6.76. The van der Waals surface area contributed by atoms with E-state index in [1.54, 1.807) is 14.2 Å². The number of ether oxygens (including phenoxy) is 3. The van der Waals surface area contributed by atoms with E-state index in [1.165, 1.54) is 5.56 Å². The SMILES string of the molecule is CN=C(NCCc1ccc(OC)c(OC)c1)N1CCC(Oc2ccccc2)CC1.I. The van der Waals surface area contributed by atoms with Crippen LogP contribution in [0.4, 0.5) is 0 Å². The van der Waals surface area contributed by atoms with Crippen molar-refractivity contribution in [3.05, 3.63) is 54.1 Å². The Hall–Kier alpha value is -2.16. The number of methoxy groups -OCH3 is 2. The van der Waals surface area contributed by atoms with Crippen LogP contribution in [0.2, 0.25) is 0 Å². The lowest BCUT2D eigenvalue weighted by Crippen LogP contribution is -2.47. The molecular weight excluding hydrogens is 493 g/mol. The fraction of sp³-hybridized carbons (Fsp3) is 0.435. The molecule has 3 rings (SSSR count). The molecule has 1 aliphatic heterocycles. The normalized spacial score (nSPS) is 14.6. The third-order valence-electron chi connectivity index (χ3n) is 5.14. The minimum Gasteiger partial charge on any atom is -0.493 e. The standard InChI is InChI=1S/C23H31N3O3.HI/c1-24-23(25-14-11-18-9-10-21(27-2)22(17-18)28-3)26-15-12-20(13-16-26)29-19-7-5-4-6-8-19;/h4-10,17,20H,11-16H2,1-3H3,(H,24,25);1H. The van der Waals surface area contributed by atoms with Crippen LogP contribution in [0.15, 0.2) is 53.5 Å². The molecule has 1 heterocycles. The lowest BCUT2D eigenvalue weighted by molar-refractivity contribution is 0.129. The summed E-state index contributed by atoms with van der Waals surface area (Å²) in [5, 5.41) is 3.48. The number of halogens is 1. The van der Waals surface area contributed by atoms with Crippen molar-refractivity contribution >= 4 is 29.9 Å². The Balaban J connectivity index is 0.00000320. The van der Waals surface area contributed by atoms with Gasteiger partial charge in [-0.25, -0.2) is 0 Å². The number of rotatable bonds is 7. The summed E-state index contributed by atoms with van der Waals surface area (Å²) in [6.07, 6.45) is 3.13. The lowest BCUT2D eigenvalue weighted by atomic mass is 10.1. The van der Waals surface area contributed by atoms with Crippen molar-refractivity contribution in [2.75, 3.05) is 40.9 Å². The highest BCUT2D eigenvalue weighted by Gasteiger charge is 2.22. The van der Waals surface area contributed by atoms with Crippen LogP contribution < -0.4 is 19.5 Å². The molecule has 1 saturated heterocycles. The predicted octanol–water partition coefficient (Wildman–Crippen LogP) is 3.98. The second kappa shape index (κ2) is 12.5. The maximum atomic E-state index is 6.09. The van der Waals surface area contributed by atoms with E-state index >= 15 is 0 Å². The number of nitrogens with zero attached hydrogens (tertiary/aromatic N) is 2. The van der Waals surface area contributed by atoms with Gasteiger partial charge in [0.2, 0.25) is 0 Å². The lowest BCUT2D eigenvalue weighted by Gasteiger charge is -2.34. The average Bonchev–Trinajstić information content (AvgIpc) is 2.78. The average molecular weight is 525 g/mol. The Bertz CT molecular complexity index is 794. The number of benzene rings is 2. The highest BCUT2D eigenvalue weighted by Crippen LogP contribution is 2.27. The first kappa shape index (κ1) is 24.1. The number of piperidine rings is 1.